The van der Waals surface area contributed by atoms with Crippen molar-refractivity contribution in [3.8, 4) is 0 Å². The van der Waals surface area contributed by atoms with Gasteiger partial charge in [-0.15, -0.1) is 0 Å². The molecular weight excluding hydrogens is 324 g/mol. The maximum Gasteiger partial charge on any atom is 0.303 e. The Balaban J connectivity index is 1.71. The lowest BCUT2D eigenvalue weighted by Gasteiger charge is -2.19. The van der Waals surface area contributed by atoms with E-state index in [1.54, 1.807) is 0 Å². The van der Waals surface area contributed by atoms with Crippen molar-refractivity contribution < 1.29 is 9.90 Å². The largest absolute Gasteiger partial charge is 0.481 e. The smallest absolute Gasteiger partial charge is 0.303 e. The van der Waals surface area contributed by atoms with Gasteiger partial charge in [0.25, 0.3) is 0 Å². The number of hydrogen-bond donors (Lipinski definition) is 2. The average molecular weight is 348 g/mol. The highest BCUT2D eigenvalue weighted by Crippen LogP contribution is 2.18. The van der Waals surface area contributed by atoms with Gasteiger partial charge in [-0.1, -0.05) is 42.5 Å². The van der Waals surface area contributed by atoms with Gasteiger partial charge in [-0.05, 0) is 48.6 Å². The molecule has 0 amide bonds. The lowest BCUT2D eigenvalue weighted by Crippen LogP contribution is -2.31. The van der Waals surface area contributed by atoms with Gasteiger partial charge in [-0.3, -0.25) is 9.78 Å². The van der Waals surface area contributed by atoms with E-state index in [0.29, 0.717) is 13.0 Å². The second kappa shape index (κ2) is 8.59. The number of benzene rings is 2. The second-order valence-corrected chi connectivity index (χ2v) is 6.69. The molecule has 0 bridgehead atoms. The number of fused-ring (bicyclic) bond motifs is 1. The van der Waals surface area contributed by atoms with Crippen LogP contribution in [0.2, 0.25) is 0 Å². The summed E-state index contributed by atoms with van der Waals surface area (Å²) in [6.45, 7) is 2.79. The van der Waals surface area contributed by atoms with Gasteiger partial charge in [0.15, 0.2) is 0 Å². The van der Waals surface area contributed by atoms with Gasteiger partial charge in [0.1, 0.15) is 0 Å². The minimum absolute atomic E-state index is 0.124. The molecule has 0 aliphatic carbocycles. The lowest BCUT2D eigenvalue weighted by atomic mass is 10.0. The molecule has 3 rings (SSSR count). The predicted molar refractivity (Wildman–Crippen MR) is 104 cm³/mol. The van der Waals surface area contributed by atoms with Crippen molar-refractivity contribution >= 4 is 16.9 Å². The molecule has 0 saturated heterocycles. The van der Waals surface area contributed by atoms with E-state index >= 15 is 0 Å². The Kier molecular flexibility index (Phi) is 5.97. The third-order valence-corrected chi connectivity index (χ3v) is 4.58. The zero-order valence-corrected chi connectivity index (χ0v) is 15.0. The van der Waals surface area contributed by atoms with Gasteiger partial charge in [0.2, 0.25) is 0 Å². The summed E-state index contributed by atoms with van der Waals surface area (Å²) in [6.07, 6.45) is 3.42. The van der Waals surface area contributed by atoms with E-state index in [1.807, 2.05) is 30.5 Å². The van der Waals surface area contributed by atoms with E-state index in [4.69, 9.17) is 5.11 Å². The maximum absolute atomic E-state index is 11.0. The predicted octanol–water partition coefficient (Wildman–Crippen LogP) is 4.11. The molecule has 134 valence electrons. The molecule has 3 aromatic rings. The van der Waals surface area contributed by atoms with Crippen molar-refractivity contribution in [3.05, 3.63) is 77.5 Å². The second-order valence-electron chi connectivity index (χ2n) is 6.69. The van der Waals surface area contributed by atoms with Gasteiger partial charge in [-0.2, -0.15) is 0 Å². The Bertz CT molecular complexity index is 878. The van der Waals surface area contributed by atoms with Crippen LogP contribution in [0.15, 0.2) is 60.8 Å². The minimum atomic E-state index is -0.752. The molecule has 2 aromatic carbocycles. The summed E-state index contributed by atoms with van der Waals surface area (Å²) in [7, 11) is 0. The fraction of sp³-hybridized carbons (Fsp3) is 0.273. The van der Waals surface area contributed by atoms with Crippen LogP contribution in [0.3, 0.4) is 0 Å². The highest BCUT2D eigenvalue weighted by Gasteiger charge is 2.12. The Morgan fingerprint density at radius 2 is 1.92 bits per heavy atom. The number of aliphatic carboxylic acids is 1. The Morgan fingerprint density at radius 3 is 2.69 bits per heavy atom. The van der Waals surface area contributed by atoms with Crippen molar-refractivity contribution in [1.82, 2.24) is 10.3 Å². The van der Waals surface area contributed by atoms with Crippen LogP contribution in [0, 0.1) is 6.92 Å². The third-order valence-electron chi connectivity index (χ3n) is 4.58. The summed E-state index contributed by atoms with van der Waals surface area (Å²) < 4.78 is 0. The molecule has 1 unspecified atom stereocenters. The van der Waals surface area contributed by atoms with E-state index in [0.717, 1.165) is 22.9 Å². The van der Waals surface area contributed by atoms with Crippen molar-refractivity contribution in [1.29, 1.82) is 0 Å². The number of nitrogens with one attached hydrogen (secondary N) is 1. The van der Waals surface area contributed by atoms with Gasteiger partial charge < -0.3 is 10.4 Å². The molecule has 1 heterocycles. The molecule has 0 radical (unpaired) electrons. The number of aromatic nitrogens is 1. The highest BCUT2D eigenvalue weighted by molar-refractivity contribution is 5.82. The van der Waals surface area contributed by atoms with E-state index in [1.165, 1.54) is 11.1 Å². The SMILES string of the molecule is Cc1cc(CNC(CCC(=O)O)Cc2ccccc2)cc2cccnc12. The zero-order valence-electron chi connectivity index (χ0n) is 15.0. The minimum Gasteiger partial charge on any atom is -0.481 e. The van der Waals surface area contributed by atoms with Crippen molar-refractivity contribution in [2.24, 2.45) is 0 Å². The first-order valence-electron chi connectivity index (χ1n) is 8.95. The van der Waals surface area contributed by atoms with Crippen LogP contribution in [0.25, 0.3) is 10.9 Å². The topological polar surface area (TPSA) is 62.2 Å². The van der Waals surface area contributed by atoms with Crippen LogP contribution in [-0.2, 0) is 17.8 Å². The van der Waals surface area contributed by atoms with Gasteiger partial charge in [0.05, 0.1) is 5.52 Å². The monoisotopic (exact) mass is 348 g/mol. The Hall–Kier alpha value is -2.72. The first-order valence-corrected chi connectivity index (χ1v) is 8.95. The maximum atomic E-state index is 11.0. The van der Waals surface area contributed by atoms with Crippen molar-refractivity contribution in [2.45, 2.75) is 38.8 Å². The summed E-state index contributed by atoms with van der Waals surface area (Å²) >= 11 is 0. The molecule has 0 spiro atoms. The first kappa shape index (κ1) is 18.1. The number of pyridine rings is 1. The summed E-state index contributed by atoms with van der Waals surface area (Å²) in [5.41, 5.74) is 4.60. The summed E-state index contributed by atoms with van der Waals surface area (Å²) in [5, 5.41) is 13.7. The average Bonchev–Trinajstić information content (AvgIpc) is 2.65. The fourth-order valence-electron chi connectivity index (χ4n) is 3.29. The summed E-state index contributed by atoms with van der Waals surface area (Å²) in [4.78, 5) is 15.4. The summed E-state index contributed by atoms with van der Waals surface area (Å²) in [6, 6.07) is 18.6. The van der Waals surface area contributed by atoms with Gasteiger partial charge in [-0.25, -0.2) is 0 Å². The Labute approximate surface area is 153 Å². The number of hydrogen-bond acceptors (Lipinski definition) is 3. The quantitative estimate of drug-likeness (QED) is 0.643. The molecular formula is C22H24N2O2. The molecule has 2 N–H and O–H groups in total. The van der Waals surface area contributed by atoms with Crippen LogP contribution >= 0.6 is 0 Å². The number of carbonyl (C=O) groups is 1. The molecule has 0 fully saturated rings. The summed E-state index contributed by atoms with van der Waals surface area (Å²) in [5.74, 6) is -0.752. The molecule has 1 atom stereocenters. The van der Waals surface area contributed by atoms with E-state index in [-0.39, 0.29) is 12.5 Å². The van der Waals surface area contributed by atoms with Crippen LogP contribution < -0.4 is 5.32 Å². The highest BCUT2D eigenvalue weighted by atomic mass is 16.4. The molecule has 1 aromatic heterocycles. The van der Waals surface area contributed by atoms with E-state index < -0.39 is 5.97 Å². The molecule has 4 heteroatoms. The number of carboxylic acids is 1. The van der Waals surface area contributed by atoms with Gasteiger partial charge in [0, 0.05) is 30.6 Å². The number of nitrogens with zero attached hydrogens (tertiary/aromatic N) is 1. The molecule has 4 nitrogen and oxygen atoms in total. The standard InChI is InChI=1S/C22H24N2O2/c1-16-12-18(13-19-8-5-11-23-22(16)19)15-24-20(9-10-21(25)26)14-17-6-3-2-4-7-17/h2-8,11-13,20,24H,9-10,14-15H2,1H3,(H,25,26). The third kappa shape index (κ3) is 4.90. The van der Waals surface area contributed by atoms with Crippen molar-refractivity contribution in [2.75, 3.05) is 0 Å². The van der Waals surface area contributed by atoms with Crippen LogP contribution in [0.5, 0.6) is 0 Å². The lowest BCUT2D eigenvalue weighted by molar-refractivity contribution is -0.137. The molecule has 0 saturated carbocycles. The van der Waals surface area contributed by atoms with Crippen LogP contribution in [-0.4, -0.2) is 22.1 Å². The molecule has 26 heavy (non-hydrogen) atoms. The number of carboxylic acid groups (broad SMARTS) is 1. The van der Waals surface area contributed by atoms with Crippen molar-refractivity contribution in [3.63, 3.8) is 0 Å². The Morgan fingerprint density at radius 1 is 1.12 bits per heavy atom. The van der Waals surface area contributed by atoms with E-state index in [9.17, 15) is 4.79 Å². The molecule has 0 aliphatic heterocycles. The first-order chi connectivity index (χ1) is 12.6. The van der Waals surface area contributed by atoms with E-state index in [2.05, 4.69) is 47.6 Å². The number of rotatable bonds is 8. The zero-order chi connectivity index (χ0) is 18.4. The van der Waals surface area contributed by atoms with Crippen LogP contribution in [0.4, 0.5) is 0 Å². The fourth-order valence-corrected chi connectivity index (χ4v) is 3.29. The normalized spacial score (nSPS) is 12.2. The molecule has 0 aliphatic rings. The van der Waals surface area contributed by atoms with Gasteiger partial charge >= 0.3 is 5.97 Å². The number of aryl methyl sites for hydroxylation is 1. The van der Waals surface area contributed by atoms with Crippen LogP contribution in [0.1, 0.15) is 29.5 Å².